The van der Waals surface area contributed by atoms with Crippen molar-refractivity contribution in [2.24, 2.45) is 5.92 Å². The number of carbonyl (C=O) groups excluding carboxylic acids is 1. The van der Waals surface area contributed by atoms with Crippen LogP contribution in [0.15, 0.2) is 24.3 Å². The topological polar surface area (TPSA) is 32.3 Å². The Balaban J connectivity index is 2.15. The van der Waals surface area contributed by atoms with E-state index in [0.717, 1.165) is 19.3 Å². The van der Waals surface area contributed by atoms with Gasteiger partial charge in [-0.3, -0.25) is 4.79 Å². The number of nitrogens with zero attached hydrogens (tertiary/aromatic N) is 1. The molecule has 3 nitrogen and oxygen atoms in total. The monoisotopic (exact) mass is 274 g/mol. The van der Waals surface area contributed by atoms with Gasteiger partial charge in [-0.15, -0.1) is 0 Å². The third-order valence-corrected chi connectivity index (χ3v) is 4.60. The minimum absolute atomic E-state index is 0.0375. The Hall–Kier alpha value is -1.51. The Labute approximate surface area is 122 Å². The molecule has 1 N–H and O–H groups in total. The van der Waals surface area contributed by atoms with Gasteiger partial charge in [-0.1, -0.05) is 32.0 Å². The highest BCUT2D eigenvalue weighted by molar-refractivity contribution is 5.81. The summed E-state index contributed by atoms with van der Waals surface area (Å²) in [6, 6.07) is 8.84. The number of benzene rings is 1. The van der Waals surface area contributed by atoms with Crippen molar-refractivity contribution in [1.29, 1.82) is 0 Å². The van der Waals surface area contributed by atoms with Gasteiger partial charge >= 0.3 is 0 Å². The van der Waals surface area contributed by atoms with Crippen molar-refractivity contribution in [3.8, 4) is 0 Å². The van der Waals surface area contributed by atoms with Gasteiger partial charge in [0.25, 0.3) is 0 Å². The summed E-state index contributed by atoms with van der Waals surface area (Å²) in [5, 5.41) is 3.47. The maximum Gasteiger partial charge on any atom is 0.228 e. The SMILES string of the molecule is CCC(CC)N(C)C(=O)C1Cc2ccccc2NC1C. The van der Waals surface area contributed by atoms with Gasteiger partial charge in [0.05, 0.1) is 5.92 Å². The third-order valence-electron chi connectivity index (χ3n) is 4.60. The number of anilines is 1. The molecule has 0 aromatic heterocycles. The van der Waals surface area contributed by atoms with Crippen LogP contribution in [-0.2, 0) is 11.2 Å². The van der Waals surface area contributed by atoms with Crippen LogP contribution in [0.25, 0.3) is 0 Å². The van der Waals surface area contributed by atoms with Crippen LogP contribution in [0.4, 0.5) is 5.69 Å². The fraction of sp³-hybridized carbons (Fsp3) is 0.588. The zero-order valence-electron chi connectivity index (χ0n) is 13.0. The molecule has 1 amide bonds. The van der Waals surface area contributed by atoms with Crippen molar-refractivity contribution < 1.29 is 4.79 Å². The summed E-state index contributed by atoms with van der Waals surface area (Å²) in [4.78, 5) is 14.7. The summed E-state index contributed by atoms with van der Waals surface area (Å²) in [6.45, 7) is 6.41. The van der Waals surface area contributed by atoms with E-state index in [0.29, 0.717) is 6.04 Å². The number of hydrogen-bond acceptors (Lipinski definition) is 2. The largest absolute Gasteiger partial charge is 0.382 e. The molecule has 1 aromatic rings. The smallest absolute Gasteiger partial charge is 0.228 e. The molecule has 0 saturated carbocycles. The molecule has 110 valence electrons. The molecule has 0 spiro atoms. The molecule has 2 atom stereocenters. The lowest BCUT2D eigenvalue weighted by molar-refractivity contribution is -0.137. The van der Waals surface area contributed by atoms with Gasteiger partial charge in [-0.05, 0) is 37.8 Å². The number of nitrogens with one attached hydrogen (secondary N) is 1. The summed E-state index contributed by atoms with van der Waals surface area (Å²) in [7, 11) is 1.95. The molecule has 0 fully saturated rings. The van der Waals surface area contributed by atoms with Crippen molar-refractivity contribution in [1.82, 2.24) is 4.90 Å². The first-order chi connectivity index (χ1) is 9.58. The zero-order chi connectivity index (χ0) is 14.7. The first-order valence-corrected chi connectivity index (χ1v) is 7.69. The van der Waals surface area contributed by atoms with Crippen molar-refractivity contribution >= 4 is 11.6 Å². The molecule has 20 heavy (non-hydrogen) atoms. The lowest BCUT2D eigenvalue weighted by atomic mass is 9.86. The Morgan fingerprint density at radius 2 is 2.00 bits per heavy atom. The molecule has 0 bridgehead atoms. The molecule has 0 radical (unpaired) electrons. The van der Waals surface area contributed by atoms with Crippen molar-refractivity contribution in [2.45, 2.75) is 52.1 Å². The van der Waals surface area contributed by atoms with Crippen molar-refractivity contribution in [3.05, 3.63) is 29.8 Å². The predicted octanol–water partition coefficient (Wildman–Crippen LogP) is 3.31. The van der Waals surface area contributed by atoms with Crippen LogP contribution in [0.5, 0.6) is 0 Å². The minimum atomic E-state index is 0.0375. The van der Waals surface area contributed by atoms with Crippen LogP contribution in [0.1, 0.15) is 39.2 Å². The van der Waals surface area contributed by atoms with Gasteiger partial charge in [-0.2, -0.15) is 0 Å². The standard InChI is InChI=1S/C17H26N2O/c1-5-14(6-2)19(4)17(20)15-11-13-9-7-8-10-16(13)18-12(15)3/h7-10,12,14-15,18H,5-6,11H2,1-4H3. The highest BCUT2D eigenvalue weighted by Crippen LogP contribution is 2.29. The van der Waals surface area contributed by atoms with Crippen LogP contribution < -0.4 is 5.32 Å². The van der Waals surface area contributed by atoms with E-state index >= 15 is 0 Å². The second-order valence-corrected chi connectivity index (χ2v) is 5.82. The minimum Gasteiger partial charge on any atom is -0.382 e. The van der Waals surface area contributed by atoms with Gasteiger partial charge in [0.2, 0.25) is 5.91 Å². The van der Waals surface area contributed by atoms with E-state index in [9.17, 15) is 4.79 Å². The van der Waals surface area contributed by atoms with Gasteiger partial charge in [0, 0.05) is 24.8 Å². The average molecular weight is 274 g/mol. The van der Waals surface area contributed by atoms with Crippen LogP contribution >= 0.6 is 0 Å². The second kappa shape index (κ2) is 6.29. The first kappa shape index (κ1) is 14.9. The lowest BCUT2D eigenvalue weighted by Crippen LogP contribution is -2.47. The Kier molecular flexibility index (Phi) is 4.69. The van der Waals surface area contributed by atoms with Crippen molar-refractivity contribution in [2.75, 3.05) is 12.4 Å². The number of para-hydroxylation sites is 1. The van der Waals surface area contributed by atoms with Gasteiger partial charge in [-0.25, -0.2) is 0 Å². The summed E-state index contributed by atoms with van der Waals surface area (Å²) in [5.74, 6) is 0.309. The third kappa shape index (κ3) is 2.82. The van der Waals surface area contributed by atoms with Gasteiger partial charge in [0.1, 0.15) is 0 Å². The predicted molar refractivity (Wildman–Crippen MR) is 83.9 cm³/mol. The second-order valence-electron chi connectivity index (χ2n) is 5.82. The first-order valence-electron chi connectivity index (χ1n) is 7.69. The van der Waals surface area contributed by atoms with Crippen LogP contribution in [0.2, 0.25) is 0 Å². The average Bonchev–Trinajstić information content (AvgIpc) is 2.47. The zero-order valence-corrected chi connectivity index (χ0v) is 13.0. The molecule has 1 aromatic carbocycles. The van der Waals surface area contributed by atoms with Crippen molar-refractivity contribution in [3.63, 3.8) is 0 Å². The normalized spacial score (nSPS) is 21.2. The molecular formula is C17H26N2O. The lowest BCUT2D eigenvalue weighted by Gasteiger charge is -2.36. The Bertz CT molecular complexity index is 468. The van der Waals surface area contributed by atoms with Crippen LogP contribution in [0.3, 0.4) is 0 Å². The molecule has 3 heteroatoms. The van der Waals surface area contributed by atoms with E-state index in [1.54, 1.807) is 0 Å². The number of amides is 1. The molecule has 2 rings (SSSR count). The summed E-state index contributed by atoms with van der Waals surface area (Å²) >= 11 is 0. The number of fused-ring (bicyclic) bond motifs is 1. The van der Waals surface area contributed by atoms with E-state index in [-0.39, 0.29) is 17.9 Å². The Morgan fingerprint density at radius 3 is 2.65 bits per heavy atom. The van der Waals surface area contributed by atoms with Gasteiger partial charge < -0.3 is 10.2 Å². The Morgan fingerprint density at radius 1 is 1.35 bits per heavy atom. The molecule has 0 aliphatic carbocycles. The summed E-state index contributed by atoms with van der Waals surface area (Å²) in [6.07, 6.45) is 2.88. The van der Waals surface area contributed by atoms with E-state index < -0.39 is 0 Å². The maximum absolute atomic E-state index is 12.8. The highest BCUT2D eigenvalue weighted by Gasteiger charge is 2.33. The fourth-order valence-electron chi connectivity index (χ4n) is 3.18. The molecule has 2 unspecified atom stereocenters. The highest BCUT2D eigenvalue weighted by atomic mass is 16.2. The van der Waals surface area contributed by atoms with Gasteiger partial charge in [0.15, 0.2) is 0 Å². The molecular weight excluding hydrogens is 248 g/mol. The quantitative estimate of drug-likeness (QED) is 0.913. The molecule has 1 heterocycles. The molecule has 1 aliphatic heterocycles. The summed E-state index contributed by atoms with van der Waals surface area (Å²) < 4.78 is 0. The van der Waals surface area contributed by atoms with E-state index in [1.165, 1.54) is 11.3 Å². The van der Waals surface area contributed by atoms with E-state index in [2.05, 4.69) is 38.2 Å². The van der Waals surface area contributed by atoms with E-state index in [1.807, 2.05) is 24.1 Å². The van der Waals surface area contributed by atoms with E-state index in [4.69, 9.17) is 0 Å². The fourth-order valence-corrected chi connectivity index (χ4v) is 3.18. The van der Waals surface area contributed by atoms with Crippen LogP contribution in [0, 0.1) is 5.92 Å². The molecule has 1 aliphatic rings. The van der Waals surface area contributed by atoms with Crippen LogP contribution in [-0.4, -0.2) is 29.9 Å². The maximum atomic E-state index is 12.8. The molecule has 0 saturated heterocycles. The summed E-state index contributed by atoms with van der Waals surface area (Å²) in [5.41, 5.74) is 2.43. The number of carbonyl (C=O) groups is 1. The number of rotatable bonds is 4. The number of hydrogen-bond donors (Lipinski definition) is 1.